The van der Waals surface area contributed by atoms with Gasteiger partial charge in [0, 0.05) is 19.2 Å². The first kappa shape index (κ1) is 16.0. The number of sulfonamides is 1. The van der Waals surface area contributed by atoms with Gasteiger partial charge in [0.1, 0.15) is 0 Å². The van der Waals surface area contributed by atoms with Crippen molar-refractivity contribution < 1.29 is 13.3 Å². The molecule has 0 radical (unpaired) electrons. The summed E-state index contributed by atoms with van der Waals surface area (Å²) in [5, 5.41) is 10.8. The number of non-ortho nitro benzene ring substituents is 1. The lowest BCUT2D eigenvalue weighted by Crippen LogP contribution is -2.26. The van der Waals surface area contributed by atoms with Gasteiger partial charge in [-0.1, -0.05) is 25.1 Å². The first-order valence-corrected chi connectivity index (χ1v) is 8.12. The van der Waals surface area contributed by atoms with Gasteiger partial charge >= 0.3 is 0 Å². The quantitative estimate of drug-likeness (QED) is 0.626. The molecule has 0 atom stereocenters. The maximum atomic E-state index is 12.6. The van der Waals surface area contributed by atoms with E-state index in [1.807, 2.05) is 19.1 Å². The average molecular weight is 320 g/mol. The lowest BCUT2D eigenvalue weighted by atomic mass is 10.1. The summed E-state index contributed by atoms with van der Waals surface area (Å²) in [6.45, 7) is 2.01. The highest BCUT2D eigenvalue weighted by atomic mass is 32.2. The molecular weight excluding hydrogens is 304 g/mol. The molecule has 2 aromatic rings. The van der Waals surface area contributed by atoms with Crippen LogP contribution in [-0.2, 0) is 16.4 Å². The third kappa shape index (κ3) is 3.09. The van der Waals surface area contributed by atoms with E-state index in [-0.39, 0.29) is 10.6 Å². The summed E-state index contributed by atoms with van der Waals surface area (Å²) in [7, 11) is -2.41. The van der Waals surface area contributed by atoms with Crippen LogP contribution in [0.1, 0.15) is 12.5 Å². The number of hydrogen-bond donors (Lipinski definition) is 0. The first-order chi connectivity index (χ1) is 10.4. The number of aryl methyl sites for hydroxylation is 1. The Bertz CT molecular complexity index is 785. The Morgan fingerprint density at radius 2 is 1.77 bits per heavy atom. The maximum absolute atomic E-state index is 12.6. The second-order valence-corrected chi connectivity index (χ2v) is 6.72. The van der Waals surface area contributed by atoms with E-state index in [0.29, 0.717) is 5.69 Å². The molecule has 6 nitrogen and oxygen atoms in total. The van der Waals surface area contributed by atoms with Crippen LogP contribution < -0.4 is 4.31 Å². The Morgan fingerprint density at radius 3 is 2.32 bits per heavy atom. The Hall–Kier alpha value is -2.41. The van der Waals surface area contributed by atoms with Crippen LogP contribution in [0.2, 0.25) is 0 Å². The van der Waals surface area contributed by atoms with Crippen LogP contribution in [-0.4, -0.2) is 20.4 Å². The van der Waals surface area contributed by atoms with Crippen molar-refractivity contribution in [2.24, 2.45) is 0 Å². The predicted octanol–water partition coefficient (Wildman–Crippen LogP) is 2.98. The molecule has 0 aliphatic carbocycles. The molecule has 0 saturated heterocycles. The number of nitro groups is 1. The average Bonchev–Trinajstić information content (AvgIpc) is 2.54. The van der Waals surface area contributed by atoms with Crippen LogP contribution in [0.15, 0.2) is 53.4 Å². The van der Waals surface area contributed by atoms with Gasteiger partial charge in [-0.05, 0) is 30.2 Å². The topological polar surface area (TPSA) is 80.5 Å². The molecule has 0 aliphatic rings. The van der Waals surface area contributed by atoms with Gasteiger partial charge in [0.2, 0.25) is 0 Å². The molecule has 0 aliphatic heterocycles. The molecule has 116 valence electrons. The highest BCUT2D eigenvalue weighted by Gasteiger charge is 2.23. The monoisotopic (exact) mass is 320 g/mol. The molecule has 2 aromatic carbocycles. The van der Waals surface area contributed by atoms with Crippen LogP contribution in [0.5, 0.6) is 0 Å². The predicted molar refractivity (Wildman–Crippen MR) is 84.5 cm³/mol. The van der Waals surface area contributed by atoms with E-state index < -0.39 is 14.9 Å². The van der Waals surface area contributed by atoms with E-state index in [2.05, 4.69) is 0 Å². The molecule has 0 aromatic heterocycles. The van der Waals surface area contributed by atoms with Crippen LogP contribution >= 0.6 is 0 Å². The van der Waals surface area contributed by atoms with Crippen molar-refractivity contribution in [3.05, 3.63) is 64.2 Å². The minimum atomic E-state index is -3.84. The molecule has 22 heavy (non-hydrogen) atoms. The summed E-state index contributed by atoms with van der Waals surface area (Å²) in [5.74, 6) is 0. The van der Waals surface area contributed by atoms with Gasteiger partial charge in [-0.15, -0.1) is 0 Å². The highest BCUT2D eigenvalue weighted by molar-refractivity contribution is 7.92. The fourth-order valence-electron chi connectivity index (χ4n) is 2.00. The smallest absolute Gasteiger partial charge is 0.269 e. The van der Waals surface area contributed by atoms with Gasteiger partial charge in [0.25, 0.3) is 15.7 Å². The molecule has 7 heteroatoms. The van der Waals surface area contributed by atoms with Crippen LogP contribution in [0.3, 0.4) is 0 Å². The Balaban J connectivity index is 2.40. The van der Waals surface area contributed by atoms with E-state index in [1.165, 1.54) is 25.2 Å². The van der Waals surface area contributed by atoms with Gasteiger partial charge in [-0.25, -0.2) is 8.42 Å². The van der Waals surface area contributed by atoms with Crippen molar-refractivity contribution >= 4 is 21.4 Å². The number of hydrogen-bond acceptors (Lipinski definition) is 4. The number of anilines is 1. The summed E-state index contributed by atoms with van der Waals surface area (Å²) >= 11 is 0. The van der Waals surface area contributed by atoms with Gasteiger partial charge in [0.05, 0.1) is 15.5 Å². The number of nitro benzene ring substituents is 1. The van der Waals surface area contributed by atoms with Gasteiger partial charge < -0.3 is 0 Å². The Morgan fingerprint density at radius 1 is 1.14 bits per heavy atom. The fourth-order valence-corrected chi connectivity index (χ4v) is 3.23. The second kappa shape index (κ2) is 6.15. The minimum absolute atomic E-state index is 0.108. The van der Waals surface area contributed by atoms with Crippen molar-refractivity contribution in [2.45, 2.75) is 18.2 Å². The van der Waals surface area contributed by atoms with Crippen molar-refractivity contribution in [3.63, 3.8) is 0 Å². The molecule has 0 saturated carbocycles. The Kier molecular flexibility index (Phi) is 4.46. The van der Waals surface area contributed by atoms with Crippen molar-refractivity contribution in [2.75, 3.05) is 11.4 Å². The van der Waals surface area contributed by atoms with E-state index in [9.17, 15) is 18.5 Å². The van der Waals surface area contributed by atoms with E-state index >= 15 is 0 Å². The van der Waals surface area contributed by atoms with Crippen LogP contribution in [0.25, 0.3) is 0 Å². The third-order valence-corrected chi connectivity index (χ3v) is 5.18. The fraction of sp³-hybridized carbons (Fsp3) is 0.200. The van der Waals surface area contributed by atoms with Gasteiger partial charge in [-0.2, -0.15) is 0 Å². The molecule has 0 heterocycles. The molecule has 0 bridgehead atoms. The number of benzene rings is 2. The number of nitrogens with zero attached hydrogens (tertiary/aromatic N) is 2. The van der Waals surface area contributed by atoms with Crippen LogP contribution in [0, 0.1) is 10.1 Å². The summed E-state index contributed by atoms with van der Waals surface area (Å²) in [5.41, 5.74) is 1.35. The minimum Gasteiger partial charge on any atom is -0.269 e. The molecule has 2 rings (SSSR count). The molecule has 0 amide bonds. The van der Waals surface area contributed by atoms with E-state index in [1.54, 1.807) is 12.1 Å². The first-order valence-electron chi connectivity index (χ1n) is 6.68. The Labute approximate surface area is 129 Å². The molecule has 0 spiro atoms. The van der Waals surface area contributed by atoms with Gasteiger partial charge in [-0.3, -0.25) is 14.4 Å². The van der Waals surface area contributed by atoms with Crippen molar-refractivity contribution in [1.82, 2.24) is 0 Å². The summed E-state index contributed by atoms with van der Waals surface area (Å²) in [4.78, 5) is 10.1. The SMILES string of the molecule is CCc1ccc(N(C)S(=O)(=O)c2cccc([N+](=O)[O-])c2)cc1. The summed E-state index contributed by atoms with van der Waals surface area (Å²) in [6.07, 6.45) is 0.863. The third-order valence-electron chi connectivity index (χ3n) is 3.40. The van der Waals surface area contributed by atoms with Crippen molar-refractivity contribution in [1.29, 1.82) is 0 Å². The zero-order valence-corrected chi connectivity index (χ0v) is 13.1. The van der Waals surface area contributed by atoms with Crippen molar-refractivity contribution in [3.8, 4) is 0 Å². The lowest BCUT2D eigenvalue weighted by molar-refractivity contribution is -0.385. The maximum Gasteiger partial charge on any atom is 0.270 e. The van der Waals surface area contributed by atoms with E-state index in [4.69, 9.17) is 0 Å². The normalized spacial score (nSPS) is 11.2. The number of rotatable bonds is 5. The zero-order chi connectivity index (χ0) is 16.3. The summed E-state index contributed by atoms with van der Waals surface area (Å²) in [6, 6.07) is 12.2. The van der Waals surface area contributed by atoms with Crippen LogP contribution in [0.4, 0.5) is 11.4 Å². The molecule has 0 N–H and O–H groups in total. The standard InChI is InChI=1S/C15H16N2O4S/c1-3-12-7-9-13(10-8-12)16(2)22(20,21)15-6-4-5-14(11-15)17(18)19/h4-11H,3H2,1-2H3. The lowest BCUT2D eigenvalue weighted by Gasteiger charge is -2.19. The summed E-state index contributed by atoms with van der Waals surface area (Å²) < 4.78 is 26.2. The molecular formula is C15H16N2O4S. The van der Waals surface area contributed by atoms with E-state index in [0.717, 1.165) is 22.4 Å². The zero-order valence-electron chi connectivity index (χ0n) is 12.3. The molecule has 0 fully saturated rings. The highest BCUT2D eigenvalue weighted by Crippen LogP contribution is 2.24. The molecule has 0 unspecified atom stereocenters. The second-order valence-electron chi connectivity index (χ2n) is 4.75. The van der Waals surface area contributed by atoms with Gasteiger partial charge in [0.15, 0.2) is 0 Å². The largest absolute Gasteiger partial charge is 0.270 e.